The second-order valence-electron chi connectivity index (χ2n) is 5.03. The first-order valence-corrected chi connectivity index (χ1v) is 6.24. The minimum atomic E-state index is -0.453. The summed E-state index contributed by atoms with van der Waals surface area (Å²) in [5, 5.41) is 5.59. The first-order valence-electron chi connectivity index (χ1n) is 6.24. The molecule has 0 saturated carbocycles. The van der Waals surface area contributed by atoms with Crippen LogP contribution in [-0.4, -0.2) is 24.4 Å². The van der Waals surface area contributed by atoms with E-state index in [-0.39, 0.29) is 11.8 Å². The Labute approximate surface area is 107 Å². The number of hydrogen-bond donors (Lipinski definition) is 2. The van der Waals surface area contributed by atoms with E-state index in [2.05, 4.69) is 10.6 Å². The average Bonchev–Trinajstić information content (AvgIpc) is 2.36. The summed E-state index contributed by atoms with van der Waals surface area (Å²) >= 11 is 0. The number of benzene rings is 1. The van der Waals surface area contributed by atoms with Crippen LogP contribution in [-0.2, 0) is 11.2 Å². The Hall–Kier alpha value is -1.84. The number of fused-ring (bicyclic) bond motifs is 1. The normalized spacial score (nSPS) is 18.2. The Balaban J connectivity index is 2.06. The highest BCUT2D eigenvalue weighted by molar-refractivity contribution is 6.00. The molecule has 0 radical (unpaired) electrons. The van der Waals surface area contributed by atoms with Crippen LogP contribution in [0.15, 0.2) is 24.3 Å². The summed E-state index contributed by atoms with van der Waals surface area (Å²) in [7, 11) is 0. The molecular weight excluding hydrogens is 228 g/mol. The molecule has 1 atom stereocenters. The highest BCUT2D eigenvalue weighted by Crippen LogP contribution is 2.16. The van der Waals surface area contributed by atoms with Gasteiger partial charge in [-0.25, -0.2) is 0 Å². The molecule has 0 fully saturated rings. The van der Waals surface area contributed by atoms with Gasteiger partial charge in [0.25, 0.3) is 5.91 Å². The molecule has 0 aliphatic carbocycles. The Kier molecular flexibility index (Phi) is 3.65. The van der Waals surface area contributed by atoms with Gasteiger partial charge in [-0.1, -0.05) is 32.0 Å². The van der Waals surface area contributed by atoms with Crippen molar-refractivity contribution in [1.82, 2.24) is 10.6 Å². The Morgan fingerprint density at radius 2 is 2.17 bits per heavy atom. The van der Waals surface area contributed by atoms with Gasteiger partial charge in [-0.3, -0.25) is 9.59 Å². The van der Waals surface area contributed by atoms with E-state index in [1.165, 1.54) is 0 Å². The van der Waals surface area contributed by atoms with Gasteiger partial charge >= 0.3 is 0 Å². The fourth-order valence-electron chi connectivity index (χ4n) is 2.01. The van der Waals surface area contributed by atoms with E-state index in [0.717, 1.165) is 5.56 Å². The van der Waals surface area contributed by atoms with Gasteiger partial charge in [0.1, 0.15) is 6.04 Å². The molecule has 96 valence electrons. The maximum atomic E-state index is 11.9. The zero-order valence-electron chi connectivity index (χ0n) is 10.7. The summed E-state index contributed by atoms with van der Waals surface area (Å²) in [5.74, 6) is 0.133. The van der Waals surface area contributed by atoms with Crippen LogP contribution in [0.4, 0.5) is 0 Å². The lowest BCUT2D eigenvalue weighted by Crippen LogP contribution is -2.51. The van der Waals surface area contributed by atoms with Crippen molar-refractivity contribution in [2.45, 2.75) is 26.3 Å². The highest BCUT2D eigenvalue weighted by Gasteiger charge is 2.28. The van der Waals surface area contributed by atoms with Crippen molar-refractivity contribution < 1.29 is 9.59 Å². The van der Waals surface area contributed by atoms with Crippen LogP contribution in [0.5, 0.6) is 0 Å². The topological polar surface area (TPSA) is 58.2 Å². The SMILES string of the molecule is CC(C)CNC(=O)C1Cc2ccccc2C(=O)N1. The number of nitrogens with one attached hydrogen (secondary N) is 2. The molecule has 1 aromatic carbocycles. The third-order valence-electron chi connectivity index (χ3n) is 2.99. The van der Waals surface area contributed by atoms with Gasteiger partial charge < -0.3 is 10.6 Å². The molecule has 1 aliphatic heterocycles. The van der Waals surface area contributed by atoms with Crippen molar-refractivity contribution in [1.29, 1.82) is 0 Å². The fraction of sp³-hybridized carbons (Fsp3) is 0.429. The van der Waals surface area contributed by atoms with Gasteiger partial charge in [-0.15, -0.1) is 0 Å². The molecular formula is C14H18N2O2. The Morgan fingerprint density at radius 3 is 2.89 bits per heavy atom. The van der Waals surface area contributed by atoms with Crippen LogP contribution < -0.4 is 10.6 Å². The van der Waals surface area contributed by atoms with Gasteiger partial charge in [-0.05, 0) is 17.5 Å². The van der Waals surface area contributed by atoms with Crippen molar-refractivity contribution in [2.24, 2.45) is 5.92 Å². The molecule has 0 spiro atoms. The second kappa shape index (κ2) is 5.21. The first-order chi connectivity index (χ1) is 8.58. The number of carbonyl (C=O) groups is 2. The minimum Gasteiger partial charge on any atom is -0.354 e. The maximum Gasteiger partial charge on any atom is 0.252 e. The lowest BCUT2D eigenvalue weighted by Gasteiger charge is -2.25. The molecule has 2 rings (SSSR count). The largest absolute Gasteiger partial charge is 0.354 e. The molecule has 1 unspecified atom stereocenters. The van der Waals surface area contributed by atoms with Crippen molar-refractivity contribution >= 4 is 11.8 Å². The van der Waals surface area contributed by atoms with E-state index in [9.17, 15) is 9.59 Å². The van der Waals surface area contributed by atoms with Gasteiger partial charge in [0, 0.05) is 18.5 Å². The number of amides is 2. The lowest BCUT2D eigenvalue weighted by molar-refractivity contribution is -0.123. The predicted molar refractivity (Wildman–Crippen MR) is 69.2 cm³/mol. The summed E-state index contributed by atoms with van der Waals surface area (Å²) in [5.41, 5.74) is 1.61. The smallest absolute Gasteiger partial charge is 0.252 e. The number of rotatable bonds is 3. The minimum absolute atomic E-state index is 0.105. The molecule has 2 N–H and O–H groups in total. The zero-order chi connectivity index (χ0) is 13.1. The number of carbonyl (C=O) groups excluding carboxylic acids is 2. The second-order valence-corrected chi connectivity index (χ2v) is 5.03. The Morgan fingerprint density at radius 1 is 1.44 bits per heavy atom. The van der Waals surface area contributed by atoms with Crippen molar-refractivity contribution in [3.05, 3.63) is 35.4 Å². The molecule has 0 aromatic heterocycles. The molecule has 1 heterocycles. The zero-order valence-corrected chi connectivity index (χ0v) is 10.7. The molecule has 4 heteroatoms. The molecule has 2 amide bonds. The molecule has 18 heavy (non-hydrogen) atoms. The Bertz CT molecular complexity index is 469. The highest BCUT2D eigenvalue weighted by atomic mass is 16.2. The predicted octanol–water partition coefficient (Wildman–Crippen LogP) is 1.11. The maximum absolute atomic E-state index is 11.9. The standard InChI is InChI=1S/C14H18N2O2/c1-9(2)8-15-14(18)12-7-10-5-3-4-6-11(10)13(17)16-12/h3-6,9,12H,7-8H2,1-2H3,(H,15,18)(H,16,17). The molecule has 1 aromatic rings. The number of hydrogen-bond acceptors (Lipinski definition) is 2. The summed E-state index contributed by atoms with van der Waals surface area (Å²) in [4.78, 5) is 23.8. The van der Waals surface area contributed by atoms with E-state index < -0.39 is 6.04 Å². The van der Waals surface area contributed by atoms with E-state index in [4.69, 9.17) is 0 Å². The van der Waals surface area contributed by atoms with E-state index in [0.29, 0.717) is 24.4 Å². The van der Waals surface area contributed by atoms with Crippen LogP contribution in [0.3, 0.4) is 0 Å². The van der Waals surface area contributed by atoms with Crippen LogP contribution in [0, 0.1) is 5.92 Å². The molecule has 0 saturated heterocycles. The van der Waals surface area contributed by atoms with Gasteiger partial charge in [-0.2, -0.15) is 0 Å². The first kappa shape index (κ1) is 12.6. The molecule has 4 nitrogen and oxygen atoms in total. The van der Waals surface area contributed by atoms with Crippen molar-refractivity contribution in [2.75, 3.05) is 6.54 Å². The van der Waals surface area contributed by atoms with E-state index >= 15 is 0 Å². The lowest BCUT2D eigenvalue weighted by atomic mass is 9.95. The third-order valence-corrected chi connectivity index (χ3v) is 2.99. The fourth-order valence-corrected chi connectivity index (χ4v) is 2.01. The van der Waals surface area contributed by atoms with Crippen LogP contribution in [0.1, 0.15) is 29.8 Å². The van der Waals surface area contributed by atoms with Gasteiger partial charge in [0.15, 0.2) is 0 Å². The van der Waals surface area contributed by atoms with Crippen molar-refractivity contribution in [3.8, 4) is 0 Å². The van der Waals surface area contributed by atoms with Gasteiger partial charge in [0.2, 0.25) is 5.91 Å². The van der Waals surface area contributed by atoms with Crippen LogP contribution >= 0.6 is 0 Å². The third kappa shape index (κ3) is 2.70. The average molecular weight is 246 g/mol. The summed E-state index contributed by atoms with van der Waals surface area (Å²) < 4.78 is 0. The summed E-state index contributed by atoms with van der Waals surface area (Å²) in [6, 6.07) is 6.95. The van der Waals surface area contributed by atoms with E-state index in [1.54, 1.807) is 6.07 Å². The van der Waals surface area contributed by atoms with Crippen LogP contribution in [0.25, 0.3) is 0 Å². The van der Waals surface area contributed by atoms with Gasteiger partial charge in [0.05, 0.1) is 0 Å². The van der Waals surface area contributed by atoms with Crippen molar-refractivity contribution in [3.63, 3.8) is 0 Å². The summed E-state index contributed by atoms with van der Waals surface area (Å²) in [6.07, 6.45) is 0.561. The van der Waals surface area contributed by atoms with Crippen LogP contribution in [0.2, 0.25) is 0 Å². The summed E-state index contributed by atoms with van der Waals surface area (Å²) in [6.45, 7) is 4.71. The molecule has 1 aliphatic rings. The quantitative estimate of drug-likeness (QED) is 0.839. The monoisotopic (exact) mass is 246 g/mol. The molecule has 0 bridgehead atoms. The van der Waals surface area contributed by atoms with E-state index in [1.807, 2.05) is 32.0 Å².